The van der Waals surface area contributed by atoms with Crippen molar-refractivity contribution in [2.45, 2.75) is 64.1 Å². The molecule has 2 unspecified atom stereocenters. The Morgan fingerprint density at radius 1 is 1.32 bits per heavy atom. The molecule has 1 aliphatic heterocycles. The van der Waals surface area contributed by atoms with Crippen LogP contribution in [0.5, 0.6) is 0 Å². The molecule has 2 N–H and O–H groups in total. The molecule has 1 amide bonds. The molecule has 1 saturated heterocycles. The van der Waals surface area contributed by atoms with Crippen LogP contribution in [0.4, 0.5) is 0 Å². The smallest absolute Gasteiger partial charge is 0.245 e. The summed E-state index contributed by atoms with van der Waals surface area (Å²) < 4.78 is 1.77. The Labute approximate surface area is 188 Å². The molecule has 9 heteroatoms. The lowest BCUT2D eigenvalue weighted by Crippen LogP contribution is -2.52. The first kappa shape index (κ1) is 23.7. The van der Waals surface area contributed by atoms with Gasteiger partial charge in [0.1, 0.15) is 18.1 Å². The van der Waals surface area contributed by atoms with E-state index in [0.29, 0.717) is 18.1 Å². The maximum Gasteiger partial charge on any atom is 0.245 e. The molecule has 3 heterocycles. The third-order valence-electron chi connectivity index (χ3n) is 5.50. The molecule has 3 rings (SSSR count). The number of aryl methyl sites for hydroxylation is 1. The number of amides is 1. The molecule has 31 heavy (non-hydrogen) atoms. The molecule has 0 spiro atoms. The minimum absolute atomic E-state index is 0.217. The number of imidazole rings is 1. The van der Waals surface area contributed by atoms with Crippen molar-refractivity contribution in [1.29, 1.82) is 0 Å². The molecule has 0 aromatic carbocycles. The monoisotopic (exact) mass is 446 g/mol. The van der Waals surface area contributed by atoms with E-state index < -0.39 is 11.8 Å². The summed E-state index contributed by atoms with van der Waals surface area (Å²) in [5.74, 6) is 1.06. The highest BCUT2D eigenvalue weighted by Gasteiger charge is 2.34. The van der Waals surface area contributed by atoms with Crippen LogP contribution < -0.4 is 5.32 Å². The molecule has 8 nitrogen and oxygen atoms in total. The second kappa shape index (κ2) is 11.1. The van der Waals surface area contributed by atoms with Crippen molar-refractivity contribution in [3.8, 4) is 5.95 Å². The molecule has 2 aromatic heterocycles. The number of nitrogens with one attached hydrogen (secondary N) is 1. The number of hydrogen-bond acceptors (Lipinski definition) is 7. The van der Waals surface area contributed by atoms with E-state index in [-0.39, 0.29) is 5.91 Å². The number of aliphatic hydroxyl groups is 1. The summed E-state index contributed by atoms with van der Waals surface area (Å²) in [4.78, 5) is 29.2. The van der Waals surface area contributed by atoms with Crippen LogP contribution in [0.1, 0.15) is 63.4 Å². The highest BCUT2D eigenvalue weighted by molar-refractivity contribution is 7.98. The fourth-order valence-electron chi connectivity index (χ4n) is 3.88. The largest absolute Gasteiger partial charge is 0.371 e. The molecule has 0 radical (unpaired) electrons. The maximum atomic E-state index is 13.5. The summed E-state index contributed by atoms with van der Waals surface area (Å²) in [7, 11) is 0. The van der Waals surface area contributed by atoms with Crippen LogP contribution in [0.15, 0.2) is 24.8 Å². The third kappa shape index (κ3) is 6.51. The van der Waals surface area contributed by atoms with E-state index in [4.69, 9.17) is 4.98 Å². The Morgan fingerprint density at radius 3 is 2.74 bits per heavy atom. The van der Waals surface area contributed by atoms with Gasteiger partial charge in [0.15, 0.2) is 0 Å². The Hall–Kier alpha value is -1.97. The van der Waals surface area contributed by atoms with Gasteiger partial charge in [0.2, 0.25) is 11.9 Å². The van der Waals surface area contributed by atoms with Gasteiger partial charge in [0, 0.05) is 24.5 Å². The summed E-state index contributed by atoms with van der Waals surface area (Å²) in [6.45, 7) is 5.43. The number of piperidine rings is 1. The van der Waals surface area contributed by atoms with Gasteiger partial charge in [-0.25, -0.2) is 15.0 Å². The molecular weight excluding hydrogens is 412 g/mol. The van der Waals surface area contributed by atoms with Crippen molar-refractivity contribution in [2.24, 2.45) is 0 Å². The lowest BCUT2D eigenvalue weighted by Gasteiger charge is -2.35. The normalized spacial score (nSPS) is 17.8. The lowest BCUT2D eigenvalue weighted by atomic mass is 10.0. The Morgan fingerprint density at radius 2 is 2.10 bits per heavy atom. The summed E-state index contributed by atoms with van der Waals surface area (Å²) >= 11 is 1.65. The van der Waals surface area contributed by atoms with Crippen LogP contribution in [-0.2, 0) is 11.2 Å². The number of carbonyl (C=O) groups is 1. The maximum absolute atomic E-state index is 13.5. The minimum Gasteiger partial charge on any atom is -0.371 e. The number of rotatable bonds is 10. The predicted molar refractivity (Wildman–Crippen MR) is 123 cm³/mol. The molecule has 1 aliphatic rings. The second-order valence-electron chi connectivity index (χ2n) is 8.31. The van der Waals surface area contributed by atoms with E-state index in [1.807, 2.05) is 12.3 Å². The van der Waals surface area contributed by atoms with Crippen molar-refractivity contribution < 1.29 is 9.90 Å². The first-order chi connectivity index (χ1) is 14.9. The van der Waals surface area contributed by atoms with E-state index in [2.05, 4.69) is 27.1 Å². The number of thioether (sulfide) groups is 1. The first-order valence-electron chi connectivity index (χ1n) is 11.1. The van der Waals surface area contributed by atoms with Crippen molar-refractivity contribution in [1.82, 2.24) is 29.7 Å². The van der Waals surface area contributed by atoms with E-state index in [9.17, 15) is 9.90 Å². The predicted octanol–water partition coefficient (Wildman–Crippen LogP) is 2.72. The summed E-state index contributed by atoms with van der Waals surface area (Å²) in [6.07, 6.45) is 12.6. The van der Waals surface area contributed by atoms with Crippen LogP contribution in [0, 0.1) is 0 Å². The Balaban J connectivity index is 1.97. The quantitative estimate of drug-likeness (QED) is 0.542. The zero-order chi connectivity index (χ0) is 22.3. The molecule has 0 bridgehead atoms. The zero-order valence-electron chi connectivity index (χ0n) is 18.8. The molecular formula is C22H34N6O2S. The average molecular weight is 447 g/mol. The standard InChI is InChI=1S/C22H34N6O2S/c1-4-8-17-15-18(25-21(24-17)28-13-10-23-16-28)19(27-11-6-5-7-12-27)20(29)26-22(2,30)9-14-31-3/h10,13,15-16,19,30H,4-9,11-12,14H2,1-3H3,(H,26,29). The first-order valence-corrected chi connectivity index (χ1v) is 12.5. The SMILES string of the molecule is CCCc1cc(C(C(=O)NC(C)(O)CCSC)N2CCCCC2)nc(-n2ccnc2)n1. The van der Waals surface area contributed by atoms with Crippen molar-refractivity contribution in [2.75, 3.05) is 25.1 Å². The number of carbonyl (C=O) groups excluding carboxylic acids is 1. The third-order valence-corrected chi connectivity index (χ3v) is 6.11. The number of hydrogen-bond donors (Lipinski definition) is 2. The topological polar surface area (TPSA) is 96.2 Å². The second-order valence-corrected chi connectivity index (χ2v) is 9.29. The zero-order valence-corrected chi connectivity index (χ0v) is 19.6. The van der Waals surface area contributed by atoms with Gasteiger partial charge >= 0.3 is 0 Å². The Kier molecular flexibility index (Phi) is 8.45. The summed E-state index contributed by atoms with van der Waals surface area (Å²) in [5.41, 5.74) is 0.308. The van der Waals surface area contributed by atoms with Gasteiger partial charge in [-0.15, -0.1) is 0 Å². The lowest BCUT2D eigenvalue weighted by molar-refractivity contribution is -0.134. The Bertz CT molecular complexity index is 837. The molecule has 170 valence electrons. The van der Waals surface area contributed by atoms with Crippen LogP contribution in [0.2, 0.25) is 0 Å². The van der Waals surface area contributed by atoms with Crippen molar-refractivity contribution >= 4 is 17.7 Å². The average Bonchev–Trinajstić information content (AvgIpc) is 3.28. The van der Waals surface area contributed by atoms with Crippen LogP contribution in [0.25, 0.3) is 5.95 Å². The van der Waals surface area contributed by atoms with Crippen molar-refractivity contribution in [3.05, 3.63) is 36.2 Å². The van der Waals surface area contributed by atoms with E-state index in [0.717, 1.165) is 50.2 Å². The van der Waals surface area contributed by atoms with E-state index in [1.54, 1.807) is 42.0 Å². The highest BCUT2D eigenvalue weighted by atomic mass is 32.2. The fraction of sp³-hybridized carbons (Fsp3) is 0.636. The molecule has 2 aromatic rings. The van der Waals surface area contributed by atoms with E-state index in [1.165, 1.54) is 6.42 Å². The number of likely N-dealkylation sites (tertiary alicyclic amines) is 1. The highest BCUT2D eigenvalue weighted by Crippen LogP contribution is 2.26. The van der Waals surface area contributed by atoms with Gasteiger partial charge in [0.05, 0.1) is 5.69 Å². The van der Waals surface area contributed by atoms with Gasteiger partial charge in [-0.05, 0) is 57.4 Å². The van der Waals surface area contributed by atoms with Crippen LogP contribution in [-0.4, -0.2) is 66.3 Å². The van der Waals surface area contributed by atoms with Crippen LogP contribution in [0.3, 0.4) is 0 Å². The van der Waals surface area contributed by atoms with Gasteiger partial charge in [0.25, 0.3) is 0 Å². The van der Waals surface area contributed by atoms with Gasteiger partial charge in [-0.3, -0.25) is 14.3 Å². The number of nitrogens with zero attached hydrogens (tertiary/aromatic N) is 5. The van der Waals surface area contributed by atoms with Gasteiger partial charge < -0.3 is 10.4 Å². The van der Waals surface area contributed by atoms with Crippen LogP contribution >= 0.6 is 11.8 Å². The minimum atomic E-state index is -1.26. The fourth-order valence-corrected chi connectivity index (χ4v) is 4.48. The van der Waals surface area contributed by atoms with E-state index >= 15 is 0 Å². The van der Waals surface area contributed by atoms with Crippen molar-refractivity contribution in [3.63, 3.8) is 0 Å². The molecule has 2 atom stereocenters. The molecule has 1 fully saturated rings. The van der Waals surface area contributed by atoms with Gasteiger partial charge in [-0.1, -0.05) is 19.8 Å². The molecule has 0 aliphatic carbocycles. The summed E-state index contributed by atoms with van der Waals surface area (Å²) in [6, 6.07) is 1.38. The molecule has 0 saturated carbocycles. The summed E-state index contributed by atoms with van der Waals surface area (Å²) in [5, 5.41) is 13.6. The van der Waals surface area contributed by atoms with Gasteiger partial charge in [-0.2, -0.15) is 11.8 Å². The number of aromatic nitrogens is 4.